The Hall–Kier alpha value is -4.19. The highest BCUT2D eigenvalue weighted by Crippen LogP contribution is 2.13. The summed E-state index contributed by atoms with van der Waals surface area (Å²) in [6.07, 6.45) is 73.3. The Balaban J connectivity index is 4.39. The van der Waals surface area contributed by atoms with Gasteiger partial charge in [0.25, 0.3) is 0 Å². The van der Waals surface area contributed by atoms with Crippen LogP contribution < -0.4 is 0 Å². The van der Waals surface area contributed by atoms with Crippen molar-refractivity contribution in [2.45, 2.75) is 226 Å². The molecule has 372 valence electrons. The highest BCUT2D eigenvalue weighted by Gasteiger charge is 2.19. The fraction of sp³-hybridized carbons (Fsp3) is 0.617. The zero-order valence-electron chi connectivity index (χ0n) is 42.4. The van der Waals surface area contributed by atoms with E-state index in [0.717, 1.165) is 148 Å². The van der Waals surface area contributed by atoms with Crippen LogP contribution in [0.5, 0.6) is 0 Å². The zero-order chi connectivity index (χ0) is 47.9. The predicted octanol–water partition coefficient (Wildman–Crippen LogP) is 17.7. The van der Waals surface area contributed by atoms with Gasteiger partial charge in [-0.2, -0.15) is 0 Å². The molecule has 0 amide bonds. The van der Waals surface area contributed by atoms with Crippen molar-refractivity contribution in [1.82, 2.24) is 0 Å². The molecule has 1 atom stereocenters. The number of allylic oxidation sites excluding steroid dienone is 20. The van der Waals surface area contributed by atoms with E-state index in [1.807, 2.05) is 0 Å². The molecule has 0 radical (unpaired) electrons. The van der Waals surface area contributed by atoms with Gasteiger partial charge in [0, 0.05) is 19.3 Å². The molecule has 0 aliphatic carbocycles. The number of carbonyl (C=O) groups is 3. The van der Waals surface area contributed by atoms with Crippen LogP contribution in [0.3, 0.4) is 0 Å². The molecule has 6 heteroatoms. The lowest BCUT2D eigenvalue weighted by Gasteiger charge is -2.18. The summed E-state index contributed by atoms with van der Waals surface area (Å²) in [5.41, 5.74) is 0. The Morgan fingerprint density at radius 2 is 0.591 bits per heavy atom. The summed E-state index contributed by atoms with van der Waals surface area (Å²) < 4.78 is 16.7. The van der Waals surface area contributed by atoms with Gasteiger partial charge in [0.05, 0.1) is 0 Å². The molecule has 0 spiro atoms. The highest BCUT2D eigenvalue weighted by molar-refractivity contribution is 5.71. The zero-order valence-corrected chi connectivity index (χ0v) is 42.4. The average Bonchev–Trinajstić information content (AvgIpc) is 3.31. The number of carbonyl (C=O) groups excluding carboxylic acids is 3. The van der Waals surface area contributed by atoms with Gasteiger partial charge in [0.1, 0.15) is 13.2 Å². The molecule has 0 aromatic rings. The van der Waals surface area contributed by atoms with Crippen molar-refractivity contribution in [3.8, 4) is 0 Å². The smallest absolute Gasteiger partial charge is 0.306 e. The van der Waals surface area contributed by atoms with Gasteiger partial charge < -0.3 is 14.2 Å². The second kappa shape index (κ2) is 53.4. The van der Waals surface area contributed by atoms with Crippen molar-refractivity contribution in [3.05, 3.63) is 122 Å². The fourth-order valence-electron chi connectivity index (χ4n) is 6.79. The first kappa shape index (κ1) is 61.8. The van der Waals surface area contributed by atoms with E-state index in [-0.39, 0.29) is 31.1 Å². The lowest BCUT2D eigenvalue weighted by molar-refractivity contribution is -0.167. The molecule has 0 rings (SSSR count). The van der Waals surface area contributed by atoms with Crippen LogP contribution >= 0.6 is 0 Å². The van der Waals surface area contributed by atoms with Crippen LogP contribution in [0.1, 0.15) is 220 Å². The number of ether oxygens (including phenoxy) is 3. The molecule has 0 aliphatic rings. The van der Waals surface area contributed by atoms with Gasteiger partial charge in [-0.1, -0.05) is 213 Å². The van der Waals surface area contributed by atoms with Crippen LogP contribution in [0.25, 0.3) is 0 Å². The molecule has 0 N–H and O–H groups in total. The summed E-state index contributed by atoms with van der Waals surface area (Å²) in [7, 11) is 0. The molecule has 0 saturated carbocycles. The topological polar surface area (TPSA) is 78.9 Å². The van der Waals surface area contributed by atoms with Gasteiger partial charge >= 0.3 is 17.9 Å². The van der Waals surface area contributed by atoms with Crippen LogP contribution in [0.15, 0.2) is 122 Å². The summed E-state index contributed by atoms with van der Waals surface area (Å²) in [4.78, 5) is 37.9. The van der Waals surface area contributed by atoms with E-state index in [2.05, 4.69) is 142 Å². The summed E-state index contributed by atoms with van der Waals surface area (Å²) in [5, 5.41) is 0. The summed E-state index contributed by atoms with van der Waals surface area (Å²) in [5.74, 6) is -0.960. The van der Waals surface area contributed by atoms with E-state index < -0.39 is 6.10 Å². The second-order valence-electron chi connectivity index (χ2n) is 17.0. The van der Waals surface area contributed by atoms with E-state index >= 15 is 0 Å². The van der Waals surface area contributed by atoms with Crippen molar-refractivity contribution in [2.75, 3.05) is 13.2 Å². The van der Waals surface area contributed by atoms with Crippen LogP contribution in [0.4, 0.5) is 0 Å². The standard InChI is InChI=1S/C60H96O6/c1-4-7-10-13-16-19-21-23-25-27-28-29-30-31-32-34-35-37-39-41-44-47-50-53-59(62)65-56-57(55-64-58(61)52-49-46-43-18-15-12-9-6-3)66-60(63)54-51-48-45-42-40-38-36-33-26-24-22-20-17-14-11-8-5-2/h7-8,10-11,16-17,19-20,23-26,28-29,31-32,35-38,57H,4-6,9,12-15,18,21-22,27,30,33-34,39-56H2,1-3H3/b10-7-,11-8-,19-16-,20-17-,25-23-,26-24-,29-28-,32-31-,37-35-,38-36-. The minimum atomic E-state index is -0.802. The van der Waals surface area contributed by atoms with Crippen molar-refractivity contribution >= 4 is 17.9 Å². The highest BCUT2D eigenvalue weighted by atomic mass is 16.6. The SMILES string of the molecule is CC/C=C\C/C=C\C/C=C\C/C=C\C/C=C\C/C=C\CCCCCCC(=O)OCC(COC(=O)CCCCCCCCCC)OC(=O)CCCCCC/C=C\C/C=C\C/C=C\C/C=C\CC. The lowest BCUT2D eigenvalue weighted by Crippen LogP contribution is -2.30. The van der Waals surface area contributed by atoms with Crippen LogP contribution in [0.2, 0.25) is 0 Å². The van der Waals surface area contributed by atoms with Gasteiger partial charge in [-0.05, 0) is 109 Å². The fourth-order valence-corrected chi connectivity index (χ4v) is 6.79. The summed E-state index contributed by atoms with van der Waals surface area (Å²) in [6.45, 7) is 6.32. The summed E-state index contributed by atoms with van der Waals surface area (Å²) in [6, 6.07) is 0. The Labute approximate surface area is 405 Å². The lowest BCUT2D eigenvalue weighted by atomic mass is 10.1. The molecular weight excluding hydrogens is 817 g/mol. The minimum Gasteiger partial charge on any atom is -0.462 e. The van der Waals surface area contributed by atoms with Gasteiger partial charge in [-0.3, -0.25) is 14.4 Å². The quantitative estimate of drug-likeness (QED) is 0.0262. The maximum absolute atomic E-state index is 12.8. The van der Waals surface area contributed by atoms with Crippen LogP contribution in [0, 0.1) is 0 Å². The number of esters is 3. The van der Waals surface area contributed by atoms with Gasteiger partial charge in [-0.25, -0.2) is 0 Å². The van der Waals surface area contributed by atoms with E-state index in [1.165, 1.54) is 32.1 Å². The largest absolute Gasteiger partial charge is 0.462 e. The molecule has 1 unspecified atom stereocenters. The molecule has 0 fully saturated rings. The Bertz CT molecular complexity index is 1420. The Morgan fingerprint density at radius 1 is 0.318 bits per heavy atom. The van der Waals surface area contributed by atoms with Gasteiger partial charge in [-0.15, -0.1) is 0 Å². The van der Waals surface area contributed by atoms with Crippen molar-refractivity contribution < 1.29 is 28.6 Å². The average molecular weight is 913 g/mol. The maximum atomic E-state index is 12.8. The summed E-state index contributed by atoms with van der Waals surface area (Å²) >= 11 is 0. The van der Waals surface area contributed by atoms with Crippen LogP contribution in [-0.4, -0.2) is 37.2 Å². The third-order valence-electron chi connectivity index (χ3n) is 10.7. The van der Waals surface area contributed by atoms with E-state index in [1.54, 1.807) is 0 Å². The Morgan fingerprint density at radius 3 is 0.924 bits per heavy atom. The third kappa shape index (κ3) is 50.8. The molecule has 6 nitrogen and oxygen atoms in total. The first-order valence-corrected chi connectivity index (χ1v) is 26.5. The normalized spacial score (nSPS) is 13.1. The number of rotatable bonds is 46. The van der Waals surface area contributed by atoms with Crippen molar-refractivity contribution in [3.63, 3.8) is 0 Å². The van der Waals surface area contributed by atoms with Crippen molar-refractivity contribution in [2.24, 2.45) is 0 Å². The molecule has 0 bridgehead atoms. The maximum Gasteiger partial charge on any atom is 0.306 e. The minimum absolute atomic E-state index is 0.0989. The molecule has 0 saturated heterocycles. The van der Waals surface area contributed by atoms with E-state index in [4.69, 9.17) is 14.2 Å². The molecular formula is C60H96O6. The number of hydrogen-bond acceptors (Lipinski definition) is 6. The number of hydrogen-bond donors (Lipinski definition) is 0. The second-order valence-corrected chi connectivity index (χ2v) is 17.0. The molecule has 0 aromatic carbocycles. The molecule has 0 aromatic heterocycles. The van der Waals surface area contributed by atoms with Crippen LogP contribution in [-0.2, 0) is 28.6 Å². The van der Waals surface area contributed by atoms with E-state index in [9.17, 15) is 14.4 Å². The molecule has 66 heavy (non-hydrogen) atoms. The predicted molar refractivity (Wildman–Crippen MR) is 283 cm³/mol. The molecule has 0 aliphatic heterocycles. The third-order valence-corrected chi connectivity index (χ3v) is 10.7. The first-order valence-electron chi connectivity index (χ1n) is 26.5. The monoisotopic (exact) mass is 913 g/mol. The number of unbranched alkanes of at least 4 members (excludes halogenated alkanes) is 15. The van der Waals surface area contributed by atoms with Crippen molar-refractivity contribution in [1.29, 1.82) is 0 Å². The Kier molecular flexibility index (Phi) is 50.0. The van der Waals surface area contributed by atoms with Gasteiger partial charge in [0.2, 0.25) is 0 Å². The van der Waals surface area contributed by atoms with E-state index in [0.29, 0.717) is 19.3 Å². The first-order chi connectivity index (χ1) is 32.5. The van der Waals surface area contributed by atoms with Gasteiger partial charge in [0.15, 0.2) is 6.10 Å². The molecule has 0 heterocycles.